The molecule has 0 aromatic carbocycles. The van der Waals surface area contributed by atoms with E-state index in [0.717, 1.165) is 25.1 Å². The van der Waals surface area contributed by atoms with Gasteiger partial charge in [0.05, 0.1) is 19.0 Å². The number of cyclic esters (lactones) is 1. The average Bonchev–Trinajstić information content (AvgIpc) is 3.06. The lowest BCUT2D eigenvalue weighted by Gasteiger charge is -2.42. The highest BCUT2D eigenvalue weighted by atomic mass is 16.6. The first-order chi connectivity index (χ1) is 11.6. The molecule has 1 unspecified atom stereocenters. The van der Waals surface area contributed by atoms with Crippen molar-refractivity contribution in [2.24, 2.45) is 11.8 Å². The summed E-state index contributed by atoms with van der Waals surface area (Å²) in [5, 5.41) is 21.7. The van der Waals surface area contributed by atoms with Crippen LogP contribution in [0, 0.1) is 11.8 Å². The summed E-state index contributed by atoms with van der Waals surface area (Å²) in [5.74, 6) is -2.88. The Morgan fingerprint density at radius 2 is 1.96 bits per heavy atom. The van der Waals surface area contributed by atoms with Crippen LogP contribution in [0.4, 0.5) is 0 Å². The van der Waals surface area contributed by atoms with Crippen LogP contribution in [-0.2, 0) is 19.1 Å². The van der Waals surface area contributed by atoms with Crippen LogP contribution in [0.5, 0.6) is 0 Å². The molecule has 2 fully saturated rings. The van der Waals surface area contributed by atoms with Gasteiger partial charge in [0, 0.05) is 12.0 Å². The van der Waals surface area contributed by atoms with Gasteiger partial charge in [0.15, 0.2) is 17.7 Å². The largest absolute Gasteiger partial charge is 0.459 e. The normalized spacial score (nSPS) is 44.7. The third-order valence-corrected chi connectivity index (χ3v) is 6.13. The lowest BCUT2D eigenvalue weighted by atomic mass is 9.71. The van der Waals surface area contributed by atoms with Gasteiger partial charge >= 0.3 is 11.9 Å². The predicted octanol–water partition coefficient (Wildman–Crippen LogP) is -1.17. The second-order valence-corrected chi connectivity index (χ2v) is 8.15. The van der Waals surface area contributed by atoms with Crippen molar-refractivity contribution in [3.8, 4) is 0 Å². The number of ether oxygens (including phenoxy) is 2. The monoisotopic (exact) mass is 354 g/mol. The molecule has 0 bridgehead atoms. The second-order valence-electron chi connectivity index (χ2n) is 8.15. The van der Waals surface area contributed by atoms with E-state index in [4.69, 9.17) is 9.47 Å². The highest BCUT2D eigenvalue weighted by molar-refractivity contribution is 5.83. The third-order valence-electron chi connectivity index (χ3n) is 6.13. The molecule has 0 spiro atoms. The van der Waals surface area contributed by atoms with Gasteiger partial charge in [-0.25, -0.2) is 4.79 Å². The molecule has 2 saturated heterocycles. The van der Waals surface area contributed by atoms with Gasteiger partial charge in [0.1, 0.15) is 12.2 Å². The summed E-state index contributed by atoms with van der Waals surface area (Å²) in [7, 11) is 0. The van der Waals surface area contributed by atoms with Gasteiger partial charge < -0.3 is 24.6 Å². The molecule has 3 aliphatic heterocycles. The van der Waals surface area contributed by atoms with Crippen molar-refractivity contribution in [2.75, 3.05) is 19.7 Å². The number of hydrogen-bond donors (Lipinski definition) is 3. The molecular weight excluding hydrogens is 326 g/mol. The van der Waals surface area contributed by atoms with Gasteiger partial charge in [-0.1, -0.05) is 13.8 Å². The highest BCUT2D eigenvalue weighted by Gasteiger charge is 2.59. The molecule has 6 atom stereocenters. The summed E-state index contributed by atoms with van der Waals surface area (Å²) < 4.78 is 11.1. The van der Waals surface area contributed by atoms with E-state index in [9.17, 15) is 19.8 Å². The van der Waals surface area contributed by atoms with Crippen molar-refractivity contribution >= 4 is 11.9 Å². The maximum Gasteiger partial charge on any atom is 0.341 e. The number of nitrogens with one attached hydrogen (secondary N) is 1. The highest BCUT2D eigenvalue weighted by Crippen LogP contribution is 2.37. The van der Waals surface area contributed by atoms with Crippen molar-refractivity contribution in [3.63, 3.8) is 0 Å². The zero-order valence-electron chi connectivity index (χ0n) is 15.2. The van der Waals surface area contributed by atoms with Crippen LogP contribution >= 0.6 is 0 Å². The van der Waals surface area contributed by atoms with Crippen LogP contribution in [0.1, 0.15) is 34.1 Å². The standard InChI is InChI=1S/C18H27NO6/c1-10(2)13-15(20)25-12-6-8-19-7-5-11(14(12)19)9-24-16(21)18(4,23)17(13,3)22/h5,10,12-14,22-23H,6-9H2,1-4H3/p+1/t12-,13+,14-,17+,18-/m1/s1. The zero-order valence-corrected chi connectivity index (χ0v) is 15.2. The molecular formula is C18H28NO6+. The van der Waals surface area contributed by atoms with Crippen LogP contribution in [0.15, 0.2) is 11.6 Å². The number of rotatable bonds is 1. The molecule has 3 N–H and O–H groups in total. The lowest BCUT2D eigenvalue weighted by molar-refractivity contribution is -0.896. The number of quaternary nitrogens is 1. The van der Waals surface area contributed by atoms with Gasteiger partial charge in [-0.3, -0.25) is 4.79 Å². The van der Waals surface area contributed by atoms with Crippen molar-refractivity contribution in [3.05, 3.63) is 11.6 Å². The van der Waals surface area contributed by atoms with Crippen molar-refractivity contribution in [1.29, 1.82) is 0 Å². The second kappa shape index (κ2) is 6.07. The molecule has 0 amide bonds. The minimum atomic E-state index is -2.23. The van der Waals surface area contributed by atoms with E-state index in [1.54, 1.807) is 13.8 Å². The van der Waals surface area contributed by atoms with E-state index in [1.165, 1.54) is 18.7 Å². The van der Waals surface area contributed by atoms with E-state index in [-0.39, 0.29) is 24.7 Å². The van der Waals surface area contributed by atoms with Gasteiger partial charge in [0.25, 0.3) is 0 Å². The molecule has 3 aliphatic rings. The van der Waals surface area contributed by atoms with Crippen LogP contribution < -0.4 is 4.90 Å². The number of aliphatic hydroxyl groups is 2. The summed E-state index contributed by atoms with van der Waals surface area (Å²) in [5.41, 5.74) is -3.34. The molecule has 140 valence electrons. The molecule has 0 aliphatic carbocycles. The van der Waals surface area contributed by atoms with Crippen molar-refractivity contribution < 1.29 is 34.2 Å². The fourth-order valence-electron chi connectivity index (χ4n) is 4.48. The number of esters is 2. The fraction of sp³-hybridized carbons (Fsp3) is 0.778. The summed E-state index contributed by atoms with van der Waals surface area (Å²) in [6.45, 7) is 7.74. The maximum absolute atomic E-state index is 12.9. The number of hydrogen-bond acceptors (Lipinski definition) is 6. The van der Waals surface area contributed by atoms with E-state index < -0.39 is 29.1 Å². The Morgan fingerprint density at radius 1 is 1.28 bits per heavy atom. The van der Waals surface area contributed by atoms with E-state index in [1.807, 2.05) is 6.08 Å². The zero-order chi connectivity index (χ0) is 18.6. The molecule has 7 nitrogen and oxygen atoms in total. The van der Waals surface area contributed by atoms with Crippen LogP contribution in [-0.4, -0.2) is 65.2 Å². The fourth-order valence-corrected chi connectivity index (χ4v) is 4.48. The molecule has 25 heavy (non-hydrogen) atoms. The molecule has 0 radical (unpaired) electrons. The Balaban J connectivity index is 2.02. The minimum Gasteiger partial charge on any atom is -0.459 e. The first kappa shape index (κ1) is 18.4. The van der Waals surface area contributed by atoms with Crippen LogP contribution in [0.2, 0.25) is 0 Å². The minimum absolute atomic E-state index is 0.0161. The Kier molecular flexibility index (Phi) is 4.46. The van der Waals surface area contributed by atoms with Gasteiger partial charge in [0.2, 0.25) is 0 Å². The Hall–Kier alpha value is -1.44. The molecule has 0 aromatic rings. The molecule has 3 rings (SSSR count). The summed E-state index contributed by atoms with van der Waals surface area (Å²) in [6, 6.07) is -0.0161. The Labute approximate surface area is 147 Å². The predicted molar refractivity (Wildman–Crippen MR) is 87.6 cm³/mol. The number of carbonyl (C=O) groups is 2. The molecule has 3 heterocycles. The summed E-state index contributed by atoms with van der Waals surface area (Å²) in [6.07, 6.45) is 2.45. The first-order valence-electron chi connectivity index (χ1n) is 8.93. The van der Waals surface area contributed by atoms with E-state index >= 15 is 0 Å². The van der Waals surface area contributed by atoms with Crippen molar-refractivity contribution in [2.45, 2.75) is 57.5 Å². The van der Waals surface area contributed by atoms with Gasteiger partial charge in [-0.15, -0.1) is 0 Å². The van der Waals surface area contributed by atoms with Crippen LogP contribution in [0.25, 0.3) is 0 Å². The number of carbonyl (C=O) groups excluding carboxylic acids is 2. The van der Waals surface area contributed by atoms with Crippen LogP contribution in [0.3, 0.4) is 0 Å². The topological polar surface area (TPSA) is 97.5 Å². The molecule has 7 heteroatoms. The van der Waals surface area contributed by atoms with E-state index in [2.05, 4.69) is 0 Å². The summed E-state index contributed by atoms with van der Waals surface area (Å²) >= 11 is 0. The third kappa shape index (κ3) is 2.78. The quantitative estimate of drug-likeness (QED) is 0.405. The van der Waals surface area contributed by atoms with Crippen molar-refractivity contribution in [1.82, 2.24) is 0 Å². The van der Waals surface area contributed by atoms with Gasteiger partial charge in [-0.05, 0) is 25.8 Å². The molecule has 0 aromatic heterocycles. The first-order valence-corrected chi connectivity index (χ1v) is 8.93. The smallest absolute Gasteiger partial charge is 0.341 e. The van der Waals surface area contributed by atoms with E-state index in [0.29, 0.717) is 0 Å². The SMILES string of the molecule is CC(C)[C@H]1C(=O)O[C@@H]2CC[NH+]3CC=C(COC(=O)[C@@](C)(O)[C@@]1(C)O)[C@H]23. The Morgan fingerprint density at radius 3 is 2.60 bits per heavy atom. The molecule has 0 saturated carbocycles. The van der Waals surface area contributed by atoms with Gasteiger partial charge in [-0.2, -0.15) is 0 Å². The Bertz CT molecular complexity index is 609. The summed E-state index contributed by atoms with van der Waals surface area (Å²) in [4.78, 5) is 26.7. The maximum atomic E-state index is 12.9. The lowest BCUT2D eigenvalue weighted by Crippen LogP contribution is -3.12. The average molecular weight is 354 g/mol.